The van der Waals surface area contributed by atoms with Crippen LogP contribution in [0, 0.1) is 0 Å². The molecule has 0 atom stereocenters. The molecule has 2 aromatic rings. The van der Waals surface area contributed by atoms with Gasteiger partial charge in [-0.15, -0.1) is 0 Å². The number of pyridine rings is 1. The van der Waals surface area contributed by atoms with Gasteiger partial charge in [0.25, 0.3) is 0 Å². The van der Waals surface area contributed by atoms with E-state index >= 15 is 0 Å². The van der Waals surface area contributed by atoms with Gasteiger partial charge >= 0.3 is 5.69 Å². The zero-order valence-corrected chi connectivity index (χ0v) is 9.77. The van der Waals surface area contributed by atoms with Crippen LogP contribution in [0.25, 0.3) is 11.0 Å². The fourth-order valence-electron chi connectivity index (χ4n) is 1.82. The third-order valence-corrected chi connectivity index (χ3v) is 2.51. The molecule has 0 saturated heterocycles. The molecule has 0 bridgehead atoms. The van der Waals surface area contributed by atoms with Crippen molar-refractivity contribution < 1.29 is 0 Å². The number of nitrogens with two attached hydrogens (primary N) is 1. The summed E-state index contributed by atoms with van der Waals surface area (Å²) in [7, 11) is 1.75. The molecule has 0 unspecified atom stereocenters. The minimum atomic E-state index is -0.423. The van der Waals surface area contributed by atoms with Gasteiger partial charge in [-0.1, -0.05) is 0 Å². The number of hydrogen-bond donors (Lipinski definition) is 1. The van der Waals surface area contributed by atoms with Gasteiger partial charge in [0.1, 0.15) is 0 Å². The Balaban J connectivity index is 2.70. The molecule has 0 fully saturated rings. The van der Waals surface area contributed by atoms with E-state index in [9.17, 15) is 4.79 Å². The SMILES string of the molecule is Cn1c(=O)n(CC(C)(C)N)c2cnccc21. The molecule has 0 aliphatic heterocycles. The standard InChI is InChI=1S/C11H16N4O/c1-11(2,12)7-15-9-6-13-5-4-8(9)14(3)10(15)16/h4-6H,7,12H2,1-3H3. The monoisotopic (exact) mass is 220 g/mol. The van der Waals surface area contributed by atoms with Gasteiger partial charge in [0.2, 0.25) is 0 Å². The highest BCUT2D eigenvalue weighted by atomic mass is 16.1. The van der Waals surface area contributed by atoms with Crippen molar-refractivity contribution >= 4 is 11.0 Å². The quantitative estimate of drug-likeness (QED) is 0.800. The van der Waals surface area contributed by atoms with Crippen LogP contribution >= 0.6 is 0 Å². The Kier molecular flexibility index (Phi) is 2.35. The molecule has 2 rings (SSSR count). The first kappa shape index (κ1) is 10.9. The Morgan fingerprint density at radius 2 is 2.12 bits per heavy atom. The summed E-state index contributed by atoms with van der Waals surface area (Å²) in [4.78, 5) is 16.1. The van der Waals surface area contributed by atoms with Crippen LogP contribution in [-0.4, -0.2) is 19.7 Å². The molecule has 5 heteroatoms. The third-order valence-electron chi connectivity index (χ3n) is 2.51. The van der Waals surface area contributed by atoms with Crippen molar-refractivity contribution in [2.24, 2.45) is 12.8 Å². The topological polar surface area (TPSA) is 65.8 Å². The minimum absolute atomic E-state index is 0.0541. The van der Waals surface area contributed by atoms with Crippen molar-refractivity contribution in [2.75, 3.05) is 0 Å². The highest BCUT2D eigenvalue weighted by Gasteiger charge is 2.17. The number of nitrogens with zero attached hydrogens (tertiary/aromatic N) is 3. The molecule has 2 N–H and O–H groups in total. The normalized spacial score (nSPS) is 12.2. The molecule has 0 aliphatic carbocycles. The second-order valence-electron chi connectivity index (χ2n) is 4.78. The van der Waals surface area contributed by atoms with Gasteiger partial charge in [0.05, 0.1) is 17.2 Å². The molecule has 0 saturated carbocycles. The van der Waals surface area contributed by atoms with Crippen LogP contribution in [0.4, 0.5) is 0 Å². The molecule has 2 aromatic heterocycles. The van der Waals surface area contributed by atoms with Crippen molar-refractivity contribution in [2.45, 2.75) is 25.9 Å². The van der Waals surface area contributed by atoms with E-state index in [4.69, 9.17) is 5.73 Å². The van der Waals surface area contributed by atoms with Crippen LogP contribution in [0.1, 0.15) is 13.8 Å². The Labute approximate surface area is 93.5 Å². The first-order valence-corrected chi connectivity index (χ1v) is 5.18. The molecule has 0 amide bonds. The Morgan fingerprint density at radius 3 is 2.75 bits per heavy atom. The third kappa shape index (κ3) is 1.74. The number of hydrogen-bond acceptors (Lipinski definition) is 3. The predicted molar refractivity (Wildman–Crippen MR) is 63.2 cm³/mol. The highest BCUT2D eigenvalue weighted by molar-refractivity contribution is 5.74. The van der Waals surface area contributed by atoms with Crippen molar-refractivity contribution in [1.29, 1.82) is 0 Å². The zero-order chi connectivity index (χ0) is 11.9. The van der Waals surface area contributed by atoms with E-state index in [0.29, 0.717) is 6.54 Å². The van der Waals surface area contributed by atoms with E-state index in [0.717, 1.165) is 11.0 Å². The number of aryl methyl sites for hydroxylation is 1. The molecule has 5 nitrogen and oxygen atoms in total. The van der Waals surface area contributed by atoms with Crippen LogP contribution in [-0.2, 0) is 13.6 Å². The maximum Gasteiger partial charge on any atom is 0.328 e. The Bertz CT molecular complexity index is 574. The molecule has 0 radical (unpaired) electrons. The summed E-state index contributed by atoms with van der Waals surface area (Å²) < 4.78 is 3.28. The Morgan fingerprint density at radius 1 is 1.44 bits per heavy atom. The van der Waals surface area contributed by atoms with E-state index in [2.05, 4.69) is 4.98 Å². The van der Waals surface area contributed by atoms with Gasteiger partial charge in [-0.3, -0.25) is 14.1 Å². The van der Waals surface area contributed by atoms with Gasteiger partial charge in [-0.05, 0) is 19.9 Å². The zero-order valence-electron chi connectivity index (χ0n) is 9.77. The fraction of sp³-hybridized carbons (Fsp3) is 0.455. The summed E-state index contributed by atoms with van der Waals surface area (Å²) in [5.74, 6) is 0. The minimum Gasteiger partial charge on any atom is -0.324 e. The van der Waals surface area contributed by atoms with Crippen molar-refractivity contribution in [1.82, 2.24) is 14.1 Å². The second-order valence-corrected chi connectivity index (χ2v) is 4.78. The molecule has 2 heterocycles. The van der Waals surface area contributed by atoms with E-state index in [1.165, 1.54) is 0 Å². The van der Waals surface area contributed by atoms with Gasteiger partial charge < -0.3 is 5.73 Å². The number of rotatable bonds is 2. The summed E-state index contributed by atoms with van der Waals surface area (Å²) in [6.07, 6.45) is 3.38. The van der Waals surface area contributed by atoms with E-state index in [1.54, 1.807) is 28.6 Å². The average molecular weight is 220 g/mol. The smallest absolute Gasteiger partial charge is 0.324 e. The van der Waals surface area contributed by atoms with Crippen LogP contribution < -0.4 is 11.4 Å². The van der Waals surface area contributed by atoms with E-state index in [-0.39, 0.29) is 5.69 Å². The van der Waals surface area contributed by atoms with E-state index < -0.39 is 5.54 Å². The summed E-state index contributed by atoms with van der Waals surface area (Å²) in [6.45, 7) is 4.28. The molecular formula is C11H16N4O. The summed E-state index contributed by atoms with van der Waals surface area (Å²) in [5, 5.41) is 0. The highest BCUT2D eigenvalue weighted by Crippen LogP contribution is 2.12. The molecule has 0 aromatic carbocycles. The number of aromatic nitrogens is 3. The first-order valence-electron chi connectivity index (χ1n) is 5.18. The summed E-state index contributed by atoms with van der Waals surface area (Å²) in [5.41, 5.74) is 7.18. The number of fused-ring (bicyclic) bond motifs is 1. The summed E-state index contributed by atoms with van der Waals surface area (Å²) in [6, 6.07) is 1.83. The molecule has 0 spiro atoms. The van der Waals surface area contributed by atoms with Crippen molar-refractivity contribution in [3.63, 3.8) is 0 Å². The molecule has 0 aliphatic rings. The first-order chi connectivity index (χ1) is 7.40. The van der Waals surface area contributed by atoms with Crippen LogP contribution in [0.5, 0.6) is 0 Å². The molecular weight excluding hydrogens is 204 g/mol. The van der Waals surface area contributed by atoms with Gasteiger partial charge in [-0.25, -0.2) is 4.79 Å². The van der Waals surface area contributed by atoms with Gasteiger partial charge in [0.15, 0.2) is 0 Å². The fourth-order valence-corrected chi connectivity index (χ4v) is 1.82. The average Bonchev–Trinajstić information content (AvgIpc) is 2.43. The summed E-state index contributed by atoms with van der Waals surface area (Å²) >= 11 is 0. The largest absolute Gasteiger partial charge is 0.328 e. The lowest BCUT2D eigenvalue weighted by Gasteiger charge is -2.18. The second kappa shape index (κ2) is 3.45. The van der Waals surface area contributed by atoms with Crippen LogP contribution in [0.2, 0.25) is 0 Å². The van der Waals surface area contributed by atoms with Crippen LogP contribution in [0.3, 0.4) is 0 Å². The van der Waals surface area contributed by atoms with E-state index in [1.807, 2.05) is 19.9 Å². The van der Waals surface area contributed by atoms with Gasteiger partial charge in [-0.2, -0.15) is 0 Å². The maximum absolute atomic E-state index is 12.0. The lowest BCUT2D eigenvalue weighted by molar-refractivity contribution is 0.430. The predicted octanol–water partition coefficient (Wildman–Crippen LogP) is 0.472. The van der Waals surface area contributed by atoms with Gasteiger partial charge in [0, 0.05) is 25.3 Å². The van der Waals surface area contributed by atoms with Crippen molar-refractivity contribution in [3.8, 4) is 0 Å². The van der Waals surface area contributed by atoms with Crippen molar-refractivity contribution in [3.05, 3.63) is 28.9 Å². The molecule has 16 heavy (non-hydrogen) atoms. The lowest BCUT2D eigenvalue weighted by atomic mass is 10.1. The maximum atomic E-state index is 12.0. The lowest BCUT2D eigenvalue weighted by Crippen LogP contribution is -2.40. The number of imidazole rings is 1. The Hall–Kier alpha value is -1.62. The molecule has 86 valence electrons. The van der Waals surface area contributed by atoms with Crippen LogP contribution in [0.15, 0.2) is 23.3 Å².